The second kappa shape index (κ2) is 3.78. The number of azide groups is 1. The molecule has 0 aromatic carbocycles. The fraction of sp³-hybridized carbons (Fsp3) is 1.00. The van der Waals surface area contributed by atoms with E-state index in [1.165, 1.54) is 0 Å². The van der Waals surface area contributed by atoms with Crippen LogP contribution in [0.4, 0.5) is 0 Å². The Bertz CT molecular complexity index is 200. The lowest BCUT2D eigenvalue weighted by Crippen LogP contribution is -2.39. The third kappa shape index (κ3) is 1.90. The van der Waals surface area contributed by atoms with Gasteiger partial charge in [-0.25, -0.2) is 0 Å². The van der Waals surface area contributed by atoms with Crippen molar-refractivity contribution in [3.8, 4) is 0 Å². The minimum atomic E-state index is 0.105. The topological polar surface area (TPSA) is 58.0 Å². The van der Waals surface area contributed by atoms with E-state index in [0.29, 0.717) is 5.92 Å². The molecule has 1 aliphatic heterocycles. The summed E-state index contributed by atoms with van der Waals surface area (Å²) in [5.74, 6) is 0.331. The van der Waals surface area contributed by atoms with E-state index in [9.17, 15) is 0 Å². The van der Waals surface area contributed by atoms with Gasteiger partial charge in [0.25, 0.3) is 0 Å². The molecule has 0 N–H and O–H groups in total. The van der Waals surface area contributed by atoms with Crippen molar-refractivity contribution in [1.29, 1.82) is 0 Å². The monoisotopic (exact) mass is 169 g/mol. The van der Waals surface area contributed by atoms with Crippen LogP contribution >= 0.6 is 0 Å². The van der Waals surface area contributed by atoms with Gasteiger partial charge in [-0.2, -0.15) is 0 Å². The van der Waals surface area contributed by atoms with E-state index in [-0.39, 0.29) is 18.2 Å². The van der Waals surface area contributed by atoms with Gasteiger partial charge in [0, 0.05) is 11.0 Å². The Morgan fingerprint density at radius 3 is 2.67 bits per heavy atom. The Morgan fingerprint density at radius 2 is 2.08 bits per heavy atom. The quantitative estimate of drug-likeness (QED) is 0.338. The van der Waals surface area contributed by atoms with Gasteiger partial charge in [0.2, 0.25) is 0 Å². The predicted molar refractivity (Wildman–Crippen MR) is 46.7 cm³/mol. The van der Waals surface area contributed by atoms with E-state index in [4.69, 9.17) is 10.3 Å². The molecular formula is C8H15N3O. The van der Waals surface area contributed by atoms with Crippen LogP contribution in [-0.4, -0.2) is 18.2 Å². The first-order valence-corrected chi connectivity index (χ1v) is 4.34. The summed E-state index contributed by atoms with van der Waals surface area (Å²) in [5, 5.41) is 3.77. The summed E-state index contributed by atoms with van der Waals surface area (Å²) in [6, 6.07) is 0.105. The summed E-state index contributed by atoms with van der Waals surface area (Å²) in [4.78, 5) is 2.85. The molecule has 0 aromatic heterocycles. The van der Waals surface area contributed by atoms with Gasteiger partial charge in [-0.05, 0) is 31.7 Å². The highest BCUT2D eigenvalue weighted by Crippen LogP contribution is 2.27. The van der Waals surface area contributed by atoms with Crippen LogP contribution in [0, 0.1) is 5.92 Å². The van der Waals surface area contributed by atoms with Crippen molar-refractivity contribution in [2.75, 3.05) is 0 Å². The summed E-state index contributed by atoms with van der Waals surface area (Å²) < 4.78 is 5.59. The summed E-state index contributed by atoms with van der Waals surface area (Å²) in [5.41, 5.74) is 8.33. The molecule has 1 rings (SSSR count). The van der Waals surface area contributed by atoms with Crippen LogP contribution in [0.1, 0.15) is 27.2 Å². The van der Waals surface area contributed by atoms with Crippen LogP contribution in [0.15, 0.2) is 5.11 Å². The average molecular weight is 169 g/mol. The molecular weight excluding hydrogens is 154 g/mol. The number of ether oxygens (including phenoxy) is 1. The third-order valence-electron chi connectivity index (χ3n) is 2.57. The van der Waals surface area contributed by atoms with Crippen LogP contribution < -0.4 is 0 Å². The molecule has 1 heterocycles. The van der Waals surface area contributed by atoms with E-state index in [2.05, 4.69) is 16.9 Å². The first kappa shape index (κ1) is 9.36. The highest BCUT2D eigenvalue weighted by Gasteiger charge is 2.30. The van der Waals surface area contributed by atoms with Crippen molar-refractivity contribution >= 4 is 0 Å². The Hall–Kier alpha value is -0.730. The first-order chi connectivity index (χ1) is 5.65. The Kier molecular flexibility index (Phi) is 2.95. The maximum absolute atomic E-state index is 8.33. The van der Waals surface area contributed by atoms with Gasteiger partial charge in [0.05, 0.1) is 12.2 Å². The molecule has 0 saturated carbocycles. The van der Waals surface area contributed by atoms with Crippen molar-refractivity contribution < 1.29 is 4.74 Å². The molecule has 12 heavy (non-hydrogen) atoms. The summed E-state index contributed by atoms with van der Waals surface area (Å²) in [6.07, 6.45) is 1.26. The summed E-state index contributed by atoms with van der Waals surface area (Å²) >= 11 is 0. The standard InChI is InChI=1S/C8H15N3O/c1-5-4-8(10-11-9)6(2)7(3)12-5/h5-8H,4H2,1-3H3/t5-,6-,7-,8-/m0/s1. The van der Waals surface area contributed by atoms with Crippen molar-refractivity contribution in [2.24, 2.45) is 11.0 Å². The Morgan fingerprint density at radius 1 is 1.42 bits per heavy atom. The van der Waals surface area contributed by atoms with Crippen LogP contribution in [0.25, 0.3) is 10.4 Å². The van der Waals surface area contributed by atoms with Gasteiger partial charge >= 0.3 is 0 Å². The zero-order valence-electron chi connectivity index (χ0n) is 7.77. The fourth-order valence-corrected chi connectivity index (χ4v) is 1.63. The Labute approximate surface area is 72.5 Å². The normalized spacial score (nSPS) is 41.9. The number of hydrogen-bond donors (Lipinski definition) is 0. The smallest absolute Gasteiger partial charge is 0.0580 e. The second-order valence-corrected chi connectivity index (χ2v) is 3.52. The van der Waals surface area contributed by atoms with Gasteiger partial charge in [0.1, 0.15) is 0 Å². The van der Waals surface area contributed by atoms with Crippen molar-refractivity contribution in [3.63, 3.8) is 0 Å². The van der Waals surface area contributed by atoms with Crippen LogP contribution in [0.5, 0.6) is 0 Å². The molecule has 0 aromatic rings. The van der Waals surface area contributed by atoms with Crippen molar-refractivity contribution in [2.45, 2.75) is 45.4 Å². The first-order valence-electron chi connectivity index (χ1n) is 4.34. The average Bonchev–Trinajstić information content (AvgIpc) is 2.00. The number of nitrogens with zero attached hydrogens (tertiary/aromatic N) is 3. The van der Waals surface area contributed by atoms with Crippen LogP contribution in [0.2, 0.25) is 0 Å². The highest BCUT2D eigenvalue weighted by atomic mass is 16.5. The lowest BCUT2D eigenvalue weighted by atomic mass is 9.90. The molecule has 68 valence electrons. The van der Waals surface area contributed by atoms with Gasteiger partial charge in [-0.3, -0.25) is 0 Å². The van der Waals surface area contributed by atoms with Crippen LogP contribution in [0.3, 0.4) is 0 Å². The van der Waals surface area contributed by atoms with E-state index < -0.39 is 0 Å². The Balaban J connectivity index is 2.65. The summed E-state index contributed by atoms with van der Waals surface area (Å²) in [7, 11) is 0. The maximum atomic E-state index is 8.33. The zero-order valence-corrected chi connectivity index (χ0v) is 7.77. The lowest BCUT2D eigenvalue weighted by molar-refractivity contribution is -0.0681. The molecule has 4 heteroatoms. The maximum Gasteiger partial charge on any atom is 0.0580 e. The van der Waals surface area contributed by atoms with Gasteiger partial charge in [-0.1, -0.05) is 12.0 Å². The predicted octanol–water partition coefficient (Wildman–Crippen LogP) is 2.50. The number of hydrogen-bond acceptors (Lipinski definition) is 2. The lowest BCUT2D eigenvalue weighted by Gasteiger charge is -2.35. The van der Waals surface area contributed by atoms with Gasteiger partial charge in [0.15, 0.2) is 0 Å². The molecule has 0 amide bonds. The minimum absolute atomic E-state index is 0.105. The second-order valence-electron chi connectivity index (χ2n) is 3.52. The molecule has 4 nitrogen and oxygen atoms in total. The molecule has 4 atom stereocenters. The van der Waals surface area contributed by atoms with E-state index in [0.717, 1.165) is 6.42 Å². The molecule has 0 radical (unpaired) electrons. The largest absolute Gasteiger partial charge is 0.375 e. The molecule has 0 unspecified atom stereocenters. The van der Waals surface area contributed by atoms with Crippen molar-refractivity contribution in [1.82, 2.24) is 0 Å². The number of rotatable bonds is 1. The molecule has 1 saturated heterocycles. The van der Waals surface area contributed by atoms with E-state index >= 15 is 0 Å². The van der Waals surface area contributed by atoms with E-state index in [1.54, 1.807) is 0 Å². The molecule has 0 aliphatic carbocycles. The molecule has 1 fully saturated rings. The summed E-state index contributed by atoms with van der Waals surface area (Å²) in [6.45, 7) is 6.11. The highest BCUT2D eigenvalue weighted by molar-refractivity contribution is 4.84. The molecule has 0 spiro atoms. The van der Waals surface area contributed by atoms with Crippen LogP contribution in [-0.2, 0) is 4.74 Å². The van der Waals surface area contributed by atoms with Gasteiger partial charge < -0.3 is 4.74 Å². The zero-order chi connectivity index (χ0) is 9.14. The van der Waals surface area contributed by atoms with E-state index in [1.807, 2.05) is 13.8 Å². The van der Waals surface area contributed by atoms with Gasteiger partial charge in [-0.15, -0.1) is 0 Å². The third-order valence-corrected chi connectivity index (χ3v) is 2.57. The minimum Gasteiger partial charge on any atom is -0.375 e. The molecule has 0 bridgehead atoms. The molecule has 1 aliphatic rings. The fourth-order valence-electron chi connectivity index (χ4n) is 1.63. The van der Waals surface area contributed by atoms with Crippen molar-refractivity contribution in [3.05, 3.63) is 10.4 Å². The SMILES string of the molecule is C[C@@H]1[C@@H](N=[N+]=[N-])C[C@H](C)O[C@H]1C.